The lowest BCUT2D eigenvalue weighted by molar-refractivity contribution is -0.384. The molecule has 11 heteroatoms. The van der Waals surface area contributed by atoms with Crippen LogP contribution in [0.25, 0.3) is 5.69 Å². The van der Waals surface area contributed by atoms with Crippen molar-refractivity contribution in [2.45, 2.75) is 12.8 Å². The van der Waals surface area contributed by atoms with E-state index in [2.05, 4.69) is 16.5 Å². The minimum absolute atomic E-state index is 0.00484. The molecule has 0 fully saturated rings. The molecule has 1 aromatic heterocycles. The fraction of sp³-hybridized carbons (Fsp3) is 0.107. The molecule has 0 unspecified atom stereocenters. The number of fused-ring (bicyclic) bond motifs is 1. The van der Waals surface area contributed by atoms with Crippen molar-refractivity contribution in [2.75, 3.05) is 11.9 Å². The number of allylic oxidation sites excluding steroid dienone is 1. The van der Waals surface area contributed by atoms with Crippen LogP contribution in [0.15, 0.2) is 90.3 Å². The van der Waals surface area contributed by atoms with E-state index >= 15 is 0 Å². The van der Waals surface area contributed by atoms with E-state index < -0.39 is 16.7 Å². The number of nitrogens with one attached hydrogen (secondary N) is 1. The van der Waals surface area contributed by atoms with Gasteiger partial charge in [-0.2, -0.15) is 10.4 Å². The molecule has 5 rings (SSSR count). The van der Waals surface area contributed by atoms with Gasteiger partial charge in [-0.25, -0.2) is 4.68 Å². The lowest BCUT2D eigenvalue weighted by Crippen LogP contribution is -2.22. The first-order valence-corrected chi connectivity index (χ1v) is 11.9. The minimum atomic E-state index is -0.538. The number of nitriles is 1. The summed E-state index contributed by atoms with van der Waals surface area (Å²) in [5.74, 6) is -0.113. The van der Waals surface area contributed by atoms with E-state index in [1.54, 1.807) is 35.0 Å². The number of aryl methyl sites for hydroxylation is 1. The van der Waals surface area contributed by atoms with Gasteiger partial charge in [0.05, 0.1) is 27.8 Å². The van der Waals surface area contributed by atoms with Crippen molar-refractivity contribution in [3.63, 3.8) is 0 Å². The molecule has 1 aliphatic rings. The predicted octanol–water partition coefficient (Wildman–Crippen LogP) is 4.32. The smallest absolute Gasteiger partial charge is 0.271 e. The Morgan fingerprint density at radius 2 is 1.92 bits per heavy atom. The number of carbonyl (C=O) groups excluding carboxylic acids is 1. The van der Waals surface area contributed by atoms with Gasteiger partial charge in [-0.3, -0.25) is 14.9 Å². The van der Waals surface area contributed by atoms with E-state index in [1.165, 1.54) is 18.2 Å². The van der Waals surface area contributed by atoms with Gasteiger partial charge in [-0.05, 0) is 42.8 Å². The molecule has 0 radical (unpaired) electrons. The molecule has 1 aliphatic heterocycles. The third-order valence-electron chi connectivity index (χ3n) is 6.16. The average Bonchev–Trinajstić information content (AvgIpc) is 3.27. The lowest BCUT2D eigenvalue weighted by atomic mass is 9.84. The molecule has 2 heterocycles. The van der Waals surface area contributed by atoms with Crippen LogP contribution in [0, 0.1) is 28.4 Å². The van der Waals surface area contributed by atoms with Crippen LogP contribution in [0.3, 0.4) is 0 Å². The van der Waals surface area contributed by atoms with E-state index in [4.69, 9.17) is 15.2 Å². The van der Waals surface area contributed by atoms with Gasteiger partial charge in [0.15, 0.2) is 6.61 Å². The van der Waals surface area contributed by atoms with Crippen molar-refractivity contribution >= 4 is 17.3 Å². The first-order chi connectivity index (χ1) is 18.9. The van der Waals surface area contributed by atoms with E-state index in [-0.39, 0.29) is 23.8 Å². The summed E-state index contributed by atoms with van der Waals surface area (Å²) in [7, 11) is 0. The second-order valence-electron chi connectivity index (χ2n) is 8.69. The molecule has 0 saturated heterocycles. The minimum Gasteiger partial charge on any atom is -0.484 e. The molecule has 1 atom stereocenters. The molecule has 0 spiro atoms. The molecule has 194 valence electrons. The number of para-hydroxylation sites is 1. The highest BCUT2D eigenvalue weighted by molar-refractivity contribution is 5.92. The second kappa shape index (κ2) is 10.4. The van der Waals surface area contributed by atoms with Crippen molar-refractivity contribution in [1.82, 2.24) is 9.78 Å². The zero-order valence-corrected chi connectivity index (χ0v) is 20.7. The summed E-state index contributed by atoms with van der Waals surface area (Å²) in [6.07, 6.45) is 0. The zero-order chi connectivity index (χ0) is 27.5. The SMILES string of the molecule is Cc1nn(-c2ccccc2)c2c1[C@H](c1ccc(OCC(=O)Nc3cccc([N+](=O)[O-])c3)cc1)C(C#N)=C(N)O2. The van der Waals surface area contributed by atoms with Crippen molar-refractivity contribution in [1.29, 1.82) is 5.26 Å². The first-order valence-electron chi connectivity index (χ1n) is 11.9. The molecule has 0 aliphatic carbocycles. The van der Waals surface area contributed by atoms with Crippen LogP contribution in [0.1, 0.15) is 22.7 Å². The van der Waals surface area contributed by atoms with Crippen molar-refractivity contribution in [3.05, 3.63) is 117 Å². The summed E-state index contributed by atoms with van der Waals surface area (Å²) in [4.78, 5) is 22.7. The first kappa shape index (κ1) is 25.0. The summed E-state index contributed by atoms with van der Waals surface area (Å²) in [5, 5.41) is 28.1. The van der Waals surface area contributed by atoms with Crippen molar-refractivity contribution < 1.29 is 19.2 Å². The number of nitro benzene ring substituents is 1. The van der Waals surface area contributed by atoms with Gasteiger partial charge >= 0.3 is 0 Å². The highest BCUT2D eigenvalue weighted by Crippen LogP contribution is 2.44. The Kier molecular flexibility index (Phi) is 6.67. The van der Waals surface area contributed by atoms with Gasteiger partial charge in [0, 0.05) is 17.8 Å². The predicted molar refractivity (Wildman–Crippen MR) is 141 cm³/mol. The Balaban J connectivity index is 1.35. The van der Waals surface area contributed by atoms with Gasteiger partial charge in [-0.15, -0.1) is 0 Å². The largest absolute Gasteiger partial charge is 0.484 e. The van der Waals surface area contributed by atoms with Crippen LogP contribution in [0.5, 0.6) is 11.6 Å². The number of hydrogen-bond acceptors (Lipinski definition) is 8. The summed E-state index contributed by atoms with van der Waals surface area (Å²) in [6.45, 7) is 1.55. The van der Waals surface area contributed by atoms with Crippen LogP contribution in [0.2, 0.25) is 0 Å². The highest BCUT2D eigenvalue weighted by Gasteiger charge is 2.36. The van der Waals surface area contributed by atoms with Gasteiger partial charge < -0.3 is 20.5 Å². The molecule has 11 nitrogen and oxygen atoms in total. The molecule has 4 aromatic rings. The fourth-order valence-corrected chi connectivity index (χ4v) is 4.39. The number of anilines is 1. The highest BCUT2D eigenvalue weighted by atomic mass is 16.6. The van der Waals surface area contributed by atoms with E-state index in [0.29, 0.717) is 23.0 Å². The Hall–Kier alpha value is -5.63. The van der Waals surface area contributed by atoms with Gasteiger partial charge in [0.1, 0.15) is 17.4 Å². The number of carbonyl (C=O) groups is 1. The number of nitrogens with zero attached hydrogens (tertiary/aromatic N) is 4. The number of non-ortho nitro benzene ring substituents is 1. The number of nitro groups is 1. The number of nitrogens with two attached hydrogens (primary N) is 1. The normalized spacial score (nSPS) is 14.1. The Morgan fingerprint density at radius 1 is 1.18 bits per heavy atom. The molecule has 3 aromatic carbocycles. The molecule has 0 saturated carbocycles. The number of ether oxygens (including phenoxy) is 2. The zero-order valence-electron chi connectivity index (χ0n) is 20.7. The molecule has 0 bridgehead atoms. The maximum absolute atomic E-state index is 12.3. The number of aromatic nitrogens is 2. The van der Waals surface area contributed by atoms with Crippen molar-refractivity contribution in [3.8, 4) is 23.4 Å². The summed E-state index contributed by atoms with van der Waals surface area (Å²) in [5.41, 5.74) is 9.59. The molecular weight excluding hydrogens is 500 g/mol. The standard InChI is InChI=1S/C28H22N6O5/c1-17-25-26(23(15-29)27(30)39-28(25)33(32-17)20-7-3-2-4-8-20)18-10-12-22(13-11-18)38-16-24(35)31-19-6-5-9-21(14-19)34(36)37/h2-14,26H,16,30H2,1H3,(H,31,35)/t26-/m1/s1. The Bertz CT molecular complexity index is 1640. The summed E-state index contributed by atoms with van der Waals surface area (Å²) in [6, 6.07) is 24.2. The van der Waals surface area contributed by atoms with Crippen LogP contribution < -0.4 is 20.5 Å². The molecule has 3 N–H and O–H groups in total. The second-order valence-corrected chi connectivity index (χ2v) is 8.69. The quantitative estimate of drug-likeness (QED) is 0.268. The van der Waals surface area contributed by atoms with Crippen LogP contribution >= 0.6 is 0 Å². The maximum Gasteiger partial charge on any atom is 0.271 e. The number of hydrogen-bond donors (Lipinski definition) is 2. The van der Waals surface area contributed by atoms with E-state index in [0.717, 1.165) is 16.8 Å². The molecular formula is C28H22N6O5. The van der Waals surface area contributed by atoms with Gasteiger partial charge in [0.25, 0.3) is 11.6 Å². The summed E-state index contributed by atoms with van der Waals surface area (Å²) >= 11 is 0. The van der Waals surface area contributed by atoms with Crippen LogP contribution in [0.4, 0.5) is 11.4 Å². The third kappa shape index (κ3) is 4.99. The number of rotatable bonds is 7. The topological polar surface area (TPSA) is 158 Å². The average molecular weight is 523 g/mol. The molecule has 39 heavy (non-hydrogen) atoms. The van der Waals surface area contributed by atoms with Gasteiger partial charge in [0.2, 0.25) is 11.8 Å². The lowest BCUT2D eigenvalue weighted by Gasteiger charge is -2.25. The van der Waals surface area contributed by atoms with Crippen molar-refractivity contribution in [2.24, 2.45) is 5.73 Å². The van der Waals surface area contributed by atoms with Crippen LogP contribution in [-0.2, 0) is 4.79 Å². The van der Waals surface area contributed by atoms with E-state index in [9.17, 15) is 20.2 Å². The molecule has 1 amide bonds. The monoisotopic (exact) mass is 522 g/mol. The number of amides is 1. The Morgan fingerprint density at radius 3 is 2.62 bits per heavy atom. The fourth-order valence-electron chi connectivity index (χ4n) is 4.39. The van der Waals surface area contributed by atoms with Gasteiger partial charge in [-0.1, -0.05) is 36.4 Å². The van der Waals surface area contributed by atoms with E-state index in [1.807, 2.05) is 37.3 Å². The van der Waals surface area contributed by atoms with Crippen LogP contribution in [-0.4, -0.2) is 27.2 Å². The number of benzene rings is 3. The Labute approximate surface area is 222 Å². The summed E-state index contributed by atoms with van der Waals surface area (Å²) < 4.78 is 13.1. The maximum atomic E-state index is 12.3. The third-order valence-corrected chi connectivity index (χ3v) is 6.16.